The smallest absolute Gasteiger partial charge is 0.408 e. The number of amides is 3. The summed E-state index contributed by atoms with van der Waals surface area (Å²) in [5.74, 6) is -1.54. The fourth-order valence-corrected chi connectivity index (χ4v) is 3.72. The molecule has 1 heterocycles. The normalized spacial score (nSPS) is 16.4. The highest BCUT2D eigenvalue weighted by atomic mass is 16.6. The highest BCUT2D eigenvalue weighted by Crippen LogP contribution is 2.21. The molecule has 12 heteroatoms. The van der Waals surface area contributed by atoms with E-state index in [-0.39, 0.29) is 19.6 Å². The van der Waals surface area contributed by atoms with Crippen LogP contribution in [0.3, 0.4) is 0 Å². The Morgan fingerprint density at radius 1 is 0.949 bits per heavy atom. The molecular formula is C27H45N3O9. The molecule has 0 aromatic rings. The molecule has 0 bridgehead atoms. The van der Waals surface area contributed by atoms with Crippen molar-refractivity contribution in [2.24, 2.45) is 0 Å². The molecule has 1 aliphatic heterocycles. The first kappa shape index (κ1) is 33.7. The average molecular weight is 556 g/mol. The first-order chi connectivity index (χ1) is 18.1. The van der Waals surface area contributed by atoms with Gasteiger partial charge in [-0.15, -0.1) is 0 Å². The third kappa shape index (κ3) is 14.4. The van der Waals surface area contributed by atoms with Crippen LogP contribution in [-0.4, -0.2) is 84.5 Å². The number of esters is 2. The standard InChI is InChI=1S/C27H45N3O9/c1-8-36-21(31)15-12-18-37-23(33)20-14-11-17-30(20)22(32)19(29-25(35)39-27(5,6)7)13-9-10-16-28-24(34)38-26(2,3)4/h12,15,19-20H,8-11,13-14,16-18H2,1-7H3,(H,28,34)(H,29,35)/b15-12+/t19?,20-/m0/s1. The fraction of sp³-hybridized carbons (Fsp3) is 0.741. The Morgan fingerprint density at radius 3 is 2.21 bits per heavy atom. The lowest BCUT2D eigenvalue weighted by molar-refractivity contribution is -0.153. The summed E-state index contributed by atoms with van der Waals surface area (Å²) in [5, 5.41) is 5.30. The second-order valence-electron chi connectivity index (χ2n) is 11.1. The Bertz CT molecular complexity index is 875. The number of likely N-dealkylation sites (tertiary alicyclic amines) is 1. The Morgan fingerprint density at radius 2 is 1.59 bits per heavy atom. The van der Waals surface area contributed by atoms with E-state index in [4.69, 9.17) is 18.9 Å². The second kappa shape index (κ2) is 15.9. The van der Waals surface area contributed by atoms with Crippen molar-refractivity contribution in [3.8, 4) is 0 Å². The first-order valence-corrected chi connectivity index (χ1v) is 13.4. The van der Waals surface area contributed by atoms with Gasteiger partial charge in [-0.1, -0.05) is 0 Å². The molecule has 0 saturated carbocycles. The van der Waals surface area contributed by atoms with E-state index in [2.05, 4.69) is 10.6 Å². The minimum Gasteiger partial charge on any atom is -0.463 e. The van der Waals surface area contributed by atoms with Crippen molar-refractivity contribution < 1.29 is 42.9 Å². The minimum absolute atomic E-state index is 0.138. The molecular weight excluding hydrogens is 510 g/mol. The largest absolute Gasteiger partial charge is 0.463 e. The number of unbranched alkanes of at least 4 members (excludes halogenated alkanes) is 1. The van der Waals surface area contributed by atoms with E-state index >= 15 is 0 Å². The monoisotopic (exact) mass is 555 g/mol. The molecule has 222 valence electrons. The van der Waals surface area contributed by atoms with Gasteiger partial charge in [0, 0.05) is 19.2 Å². The van der Waals surface area contributed by atoms with Gasteiger partial charge in [0.2, 0.25) is 5.91 Å². The molecule has 39 heavy (non-hydrogen) atoms. The zero-order valence-corrected chi connectivity index (χ0v) is 24.3. The van der Waals surface area contributed by atoms with Crippen LogP contribution in [0.5, 0.6) is 0 Å². The topological polar surface area (TPSA) is 150 Å². The highest BCUT2D eigenvalue weighted by molar-refractivity contribution is 5.90. The first-order valence-electron chi connectivity index (χ1n) is 13.4. The molecule has 0 spiro atoms. The lowest BCUT2D eigenvalue weighted by Crippen LogP contribution is -2.52. The molecule has 3 amide bonds. The fourth-order valence-electron chi connectivity index (χ4n) is 3.72. The number of carbonyl (C=O) groups is 5. The highest BCUT2D eigenvalue weighted by Gasteiger charge is 2.38. The van der Waals surface area contributed by atoms with Crippen molar-refractivity contribution in [1.82, 2.24) is 15.5 Å². The van der Waals surface area contributed by atoms with E-state index in [0.717, 1.165) is 0 Å². The van der Waals surface area contributed by atoms with Crippen LogP contribution < -0.4 is 10.6 Å². The third-order valence-electron chi connectivity index (χ3n) is 5.25. The van der Waals surface area contributed by atoms with E-state index in [9.17, 15) is 24.0 Å². The van der Waals surface area contributed by atoms with Gasteiger partial charge in [-0.25, -0.2) is 19.2 Å². The summed E-state index contributed by atoms with van der Waals surface area (Å²) >= 11 is 0. The van der Waals surface area contributed by atoms with Crippen molar-refractivity contribution in [3.63, 3.8) is 0 Å². The summed E-state index contributed by atoms with van der Waals surface area (Å²) in [6.45, 7) is 12.9. The van der Waals surface area contributed by atoms with Crippen molar-refractivity contribution in [2.45, 2.75) is 104 Å². The minimum atomic E-state index is -0.932. The number of alkyl carbamates (subject to hydrolysis) is 2. The summed E-state index contributed by atoms with van der Waals surface area (Å²) in [6.07, 6.45) is 3.61. The van der Waals surface area contributed by atoms with Gasteiger partial charge >= 0.3 is 24.1 Å². The lowest BCUT2D eigenvalue weighted by Gasteiger charge is -2.29. The number of rotatable bonds is 12. The molecule has 0 aromatic heterocycles. The van der Waals surface area contributed by atoms with Crippen LogP contribution in [0.25, 0.3) is 0 Å². The SMILES string of the molecule is CCOC(=O)/C=C/COC(=O)[C@@H]1CCCN1C(=O)C(CCCCNC(=O)OC(C)(C)C)NC(=O)OC(C)(C)C. The van der Waals surface area contributed by atoms with E-state index in [0.29, 0.717) is 38.8 Å². The van der Waals surface area contributed by atoms with Gasteiger partial charge in [0.25, 0.3) is 0 Å². The lowest BCUT2D eigenvalue weighted by atomic mass is 10.1. The zero-order chi connectivity index (χ0) is 29.6. The Hall–Kier alpha value is -3.31. The number of nitrogens with zero attached hydrogens (tertiary/aromatic N) is 1. The van der Waals surface area contributed by atoms with Gasteiger partial charge in [-0.2, -0.15) is 0 Å². The maximum atomic E-state index is 13.5. The van der Waals surface area contributed by atoms with Crippen molar-refractivity contribution >= 4 is 30.0 Å². The molecule has 0 radical (unpaired) electrons. The molecule has 2 N–H and O–H groups in total. The predicted octanol–water partition coefficient (Wildman–Crippen LogP) is 3.23. The van der Waals surface area contributed by atoms with Crippen LogP contribution in [-0.2, 0) is 33.3 Å². The quantitative estimate of drug-likeness (QED) is 0.160. The summed E-state index contributed by atoms with van der Waals surface area (Å²) < 4.78 is 20.6. The average Bonchev–Trinajstić information content (AvgIpc) is 3.28. The summed E-state index contributed by atoms with van der Waals surface area (Å²) in [7, 11) is 0. The zero-order valence-electron chi connectivity index (χ0n) is 24.3. The molecule has 1 saturated heterocycles. The maximum absolute atomic E-state index is 13.5. The van der Waals surface area contributed by atoms with Crippen molar-refractivity contribution in [2.75, 3.05) is 26.3 Å². The maximum Gasteiger partial charge on any atom is 0.408 e. The molecule has 1 aliphatic rings. The second-order valence-corrected chi connectivity index (χ2v) is 11.1. The molecule has 0 aliphatic carbocycles. The number of hydrogen-bond acceptors (Lipinski definition) is 9. The van der Waals surface area contributed by atoms with Gasteiger partial charge in [0.15, 0.2) is 0 Å². The van der Waals surface area contributed by atoms with Crippen LogP contribution in [0, 0.1) is 0 Å². The van der Waals surface area contributed by atoms with E-state index in [1.54, 1.807) is 48.5 Å². The number of ether oxygens (including phenoxy) is 4. The van der Waals surface area contributed by atoms with Gasteiger partial charge in [0.1, 0.15) is 29.9 Å². The Kier molecular flexibility index (Phi) is 13.8. The Balaban J connectivity index is 2.77. The number of carbonyl (C=O) groups excluding carboxylic acids is 5. The van der Waals surface area contributed by atoms with Gasteiger partial charge in [-0.3, -0.25) is 4.79 Å². The van der Waals surface area contributed by atoms with Crippen LogP contribution in [0.15, 0.2) is 12.2 Å². The van der Waals surface area contributed by atoms with Gasteiger partial charge in [0.05, 0.1) is 6.61 Å². The summed E-state index contributed by atoms with van der Waals surface area (Å²) in [5.41, 5.74) is -1.37. The van der Waals surface area contributed by atoms with E-state index < -0.39 is 53.3 Å². The van der Waals surface area contributed by atoms with Gasteiger partial charge < -0.3 is 34.5 Å². The van der Waals surface area contributed by atoms with Crippen LogP contribution in [0.4, 0.5) is 9.59 Å². The van der Waals surface area contributed by atoms with Crippen molar-refractivity contribution in [3.05, 3.63) is 12.2 Å². The summed E-state index contributed by atoms with van der Waals surface area (Å²) in [6, 6.07) is -1.73. The molecule has 2 atom stereocenters. The molecule has 1 unspecified atom stereocenters. The van der Waals surface area contributed by atoms with E-state index in [1.807, 2.05) is 0 Å². The Labute approximate surface area is 231 Å². The molecule has 1 fully saturated rings. The van der Waals surface area contributed by atoms with Crippen LogP contribution >= 0.6 is 0 Å². The molecule has 12 nitrogen and oxygen atoms in total. The van der Waals surface area contributed by atoms with E-state index in [1.165, 1.54) is 17.1 Å². The number of nitrogens with one attached hydrogen (secondary N) is 2. The van der Waals surface area contributed by atoms with Crippen LogP contribution in [0.1, 0.15) is 80.6 Å². The summed E-state index contributed by atoms with van der Waals surface area (Å²) in [4.78, 5) is 63.3. The van der Waals surface area contributed by atoms with Crippen LogP contribution in [0.2, 0.25) is 0 Å². The van der Waals surface area contributed by atoms with Crippen molar-refractivity contribution in [1.29, 1.82) is 0 Å². The predicted molar refractivity (Wildman–Crippen MR) is 143 cm³/mol. The molecule has 0 aromatic carbocycles. The molecule has 1 rings (SSSR count). The van der Waals surface area contributed by atoms with Gasteiger partial charge in [-0.05, 0) is 86.6 Å². The number of hydrogen-bond donors (Lipinski definition) is 2. The third-order valence-corrected chi connectivity index (χ3v) is 5.25.